The van der Waals surface area contributed by atoms with Gasteiger partial charge >= 0.3 is 5.97 Å². The van der Waals surface area contributed by atoms with Crippen LogP contribution in [0, 0.1) is 35.2 Å². The molecule has 4 heterocycles. The first-order chi connectivity index (χ1) is 53.1. The van der Waals surface area contributed by atoms with Crippen molar-refractivity contribution >= 4 is 75.8 Å². The molecule has 0 radical (unpaired) electrons. The number of rotatable bonds is 18. The number of hydrogen-bond donors (Lipinski definition) is 5. The average Bonchev–Trinajstić information content (AvgIpc) is 1.74. The summed E-state index contributed by atoms with van der Waals surface area (Å²) >= 11 is 0. The van der Waals surface area contributed by atoms with Crippen LogP contribution < -0.4 is 11.1 Å². The van der Waals surface area contributed by atoms with Crippen LogP contribution in [-0.4, -0.2) is 97.0 Å². The van der Waals surface area contributed by atoms with E-state index >= 15 is 0 Å². The molecule has 4 aromatic heterocycles. The van der Waals surface area contributed by atoms with Gasteiger partial charge in [-0.15, -0.1) is 0 Å². The Hall–Kier alpha value is -12.2. The molecule has 18 nitrogen and oxygen atoms in total. The number of benzene rings is 10. The summed E-state index contributed by atoms with van der Waals surface area (Å²) < 4.78 is 60.6. The second-order valence-corrected chi connectivity index (χ2v) is 33.1. The maximum atomic E-state index is 13.3. The molecule has 0 bridgehead atoms. The lowest BCUT2D eigenvalue weighted by atomic mass is 9.70. The first-order valence-corrected chi connectivity index (χ1v) is 39.5. The van der Waals surface area contributed by atoms with E-state index in [0.29, 0.717) is 18.1 Å². The summed E-state index contributed by atoms with van der Waals surface area (Å²) in [7, 11) is 1.57. The second-order valence-electron chi connectivity index (χ2n) is 28.7. The number of H-pyrrole nitrogens is 1. The number of nitrogen functional groups attached to an aromatic ring is 1. The number of carbonyl (C=O) groups excluding carboxylic acids is 3. The standard InChI is InChI=1S/C26H26FN3O.C25H23FN2O2.C14H9FN2O.C8H8N2O.C8H11NO.C8H18O2Si/c1-4-28-25(31)26(2,3)24(18-8-6-5-7-9-18)19-10-15-23-20(16-19)17-29-30(23)22-13-11-21(27)12-14-22;1-25(2,24(29)30-3)23(17-7-5-4-6-8-17)18-9-14-22-19(15-18)16-27-28(22)21-12-10-20(26)11-13-21;15-12-2-4-13(5-3-12)17-14-6-1-10(9-18)7-11(14)8-16-17;11-5-6-1-2-8-7(3-6)4-9-10-8;1-6-4-7(5-10)2-3-8(6)9;1-7(2)8(9-3)10-11(4,5)6/h5-17,24H,4H2,1-3H3,(H,28,31);4-16,23H,1-3H3;1-9H;1-4,11H,5H2,(H,9,10);2-4,10H,5,9H2,1H3;1-6H3. The number of allylic oxidation sites excluding steroid dienone is 1. The van der Waals surface area contributed by atoms with Crippen molar-refractivity contribution in [3.63, 3.8) is 0 Å². The number of aldehydes is 1. The van der Waals surface area contributed by atoms with E-state index in [1.807, 2.05) is 165 Å². The zero-order valence-corrected chi connectivity index (χ0v) is 65.7. The van der Waals surface area contributed by atoms with Gasteiger partial charge in [0.05, 0.1) is 102 Å². The molecule has 574 valence electrons. The van der Waals surface area contributed by atoms with Crippen LogP contribution in [0.1, 0.15) is 110 Å². The number of fused-ring (bicyclic) bond motifs is 4. The Labute approximate surface area is 646 Å². The van der Waals surface area contributed by atoms with Gasteiger partial charge in [-0.2, -0.15) is 20.4 Å². The van der Waals surface area contributed by atoms with Gasteiger partial charge in [0.1, 0.15) is 23.7 Å². The van der Waals surface area contributed by atoms with Crippen LogP contribution in [0.15, 0.2) is 261 Å². The number of aryl methyl sites for hydroxylation is 1. The lowest BCUT2D eigenvalue weighted by Crippen LogP contribution is -2.41. The normalized spacial score (nSPS) is 11.7. The molecule has 14 aromatic rings. The Kier molecular flexibility index (Phi) is 28.1. The van der Waals surface area contributed by atoms with E-state index in [4.69, 9.17) is 29.8 Å². The van der Waals surface area contributed by atoms with E-state index in [0.717, 1.165) is 117 Å². The van der Waals surface area contributed by atoms with Crippen LogP contribution in [0.3, 0.4) is 0 Å². The molecule has 2 atom stereocenters. The fourth-order valence-corrected chi connectivity index (χ4v) is 13.6. The van der Waals surface area contributed by atoms with Gasteiger partial charge in [0.2, 0.25) is 14.2 Å². The highest BCUT2D eigenvalue weighted by atomic mass is 28.4. The molecule has 6 N–H and O–H groups in total. The molecule has 0 aliphatic carbocycles. The highest BCUT2D eigenvalue weighted by Crippen LogP contribution is 2.44. The monoisotopic (exact) mass is 1520 g/mol. The van der Waals surface area contributed by atoms with Crippen molar-refractivity contribution in [1.29, 1.82) is 0 Å². The Bertz CT molecular complexity index is 5440. The molecule has 1 amide bonds. The maximum absolute atomic E-state index is 13.3. The van der Waals surface area contributed by atoms with Crippen molar-refractivity contribution in [2.24, 2.45) is 10.8 Å². The van der Waals surface area contributed by atoms with E-state index in [-0.39, 0.29) is 54.4 Å². The molecular weight excluding hydrogens is 1420 g/mol. The van der Waals surface area contributed by atoms with Crippen molar-refractivity contribution in [3.05, 3.63) is 323 Å². The van der Waals surface area contributed by atoms with E-state index in [9.17, 15) is 27.6 Å². The van der Waals surface area contributed by atoms with Gasteiger partial charge in [-0.3, -0.25) is 19.5 Å². The Morgan fingerprint density at radius 3 is 1.37 bits per heavy atom. The molecular formula is C89H95F3N10O8Si. The zero-order chi connectivity index (χ0) is 80.2. The molecule has 0 saturated carbocycles. The first kappa shape index (κ1) is 82.8. The SMILES string of the molecule is CCNC(=O)C(C)(C)C(c1ccccc1)c1ccc2c(cnn2-c2ccc(F)cc2)c1.COC(=O)C(C)(C)C(c1ccccc1)c1ccc2c(cnn2-c2ccc(F)cc2)c1.COC(O[Si](C)(C)C)=C(C)C.Cc1cc(CO)ccc1N.O=Cc1ccc2c(cnn2-c2ccc(F)cc2)c1.OCc1ccc2[nH]ncc2c1. The van der Waals surface area contributed by atoms with Gasteiger partial charge < -0.3 is 35.2 Å². The summed E-state index contributed by atoms with van der Waals surface area (Å²) in [5.41, 5.74) is 19.7. The molecule has 14 rings (SSSR count). The number of amides is 1. The number of halogens is 3. The number of methoxy groups -OCH3 is 2. The minimum atomic E-state index is -1.49. The Morgan fingerprint density at radius 2 is 0.973 bits per heavy atom. The number of esters is 1. The third-order valence-electron chi connectivity index (χ3n) is 18.3. The largest absolute Gasteiger partial charge is 0.520 e. The summed E-state index contributed by atoms with van der Waals surface area (Å²) in [5, 5.41) is 44.3. The molecule has 0 saturated heterocycles. The number of aromatic amines is 1. The second kappa shape index (κ2) is 37.7. The zero-order valence-electron chi connectivity index (χ0n) is 64.7. The molecule has 111 heavy (non-hydrogen) atoms. The van der Waals surface area contributed by atoms with Gasteiger partial charge in [0, 0.05) is 56.7 Å². The van der Waals surface area contributed by atoms with E-state index in [2.05, 4.69) is 80.8 Å². The predicted octanol–water partition coefficient (Wildman–Crippen LogP) is 18.8. The lowest BCUT2D eigenvalue weighted by Gasteiger charge is -2.34. The summed E-state index contributed by atoms with van der Waals surface area (Å²) in [6.07, 6.45) is 7.83. The summed E-state index contributed by atoms with van der Waals surface area (Å²) in [6, 6.07) is 67.5. The lowest BCUT2D eigenvalue weighted by molar-refractivity contribution is -0.151. The van der Waals surface area contributed by atoms with Gasteiger partial charge in [-0.1, -0.05) is 105 Å². The van der Waals surface area contributed by atoms with Crippen LogP contribution >= 0.6 is 0 Å². The summed E-state index contributed by atoms with van der Waals surface area (Å²) in [5.74, 6) is -0.718. The third kappa shape index (κ3) is 21.2. The van der Waals surface area contributed by atoms with Crippen LogP contribution in [0.5, 0.6) is 0 Å². The van der Waals surface area contributed by atoms with Crippen molar-refractivity contribution in [2.75, 3.05) is 26.5 Å². The van der Waals surface area contributed by atoms with Crippen LogP contribution in [0.4, 0.5) is 18.9 Å². The minimum Gasteiger partial charge on any atom is -0.520 e. The van der Waals surface area contributed by atoms with Crippen molar-refractivity contribution in [1.82, 2.24) is 44.9 Å². The fraction of sp³-hybridized carbons (Fsp3) is 0.225. The predicted molar refractivity (Wildman–Crippen MR) is 437 cm³/mol. The number of carbonyl (C=O) groups is 3. The number of aromatic nitrogens is 8. The fourth-order valence-electron chi connectivity index (χ4n) is 12.7. The smallest absolute Gasteiger partial charge is 0.312 e. The van der Waals surface area contributed by atoms with Gasteiger partial charge in [-0.05, 0) is 234 Å². The number of aliphatic hydroxyl groups excluding tert-OH is 2. The van der Waals surface area contributed by atoms with E-state index in [1.165, 1.54) is 43.5 Å². The summed E-state index contributed by atoms with van der Waals surface area (Å²) in [6.45, 7) is 22.8. The topological polar surface area (TPSA) is 240 Å². The third-order valence-corrected chi connectivity index (χ3v) is 19.1. The molecule has 0 spiro atoms. The Morgan fingerprint density at radius 1 is 0.541 bits per heavy atom. The number of ether oxygens (including phenoxy) is 2. The molecule has 22 heteroatoms. The minimum absolute atomic E-state index is 0.0194. The summed E-state index contributed by atoms with van der Waals surface area (Å²) in [4.78, 5) is 36.3. The number of aliphatic hydroxyl groups is 2. The molecule has 10 aromatic carbocycles. The number of anilines is 1. The molecule has 0 aliphatic heterocycles. The van der Waals surface area contributed by atoms with Crippen molar-refractivity contribution < 1.29 is 51.7 Å². The highest BCUT2D eigenvalue weighted by Gasteiger charge is 2.41. The van der Waals surface area contributed by atoms with Crippen LogP contribution in [-0.2, 0) is 36.7 Å². The molecule has 2 unspecified atom stereocenters. The van der Waals surface area contributed by atoms with Crippen LogP contribution in [0.2, 0.25) is 19.6 Å². The Balaban J connectivity index is 0.000000163. The number of nitrogens with zero attached hydrogens (tertiary/aromatic N) is 7. The van der Waals surface area contributed by atoms with E-state index < -0.39 is 19.1 Å². The van der Waals surface area contributed by atoms with Gasteiger partial charge in [0.25, 0.3) is 5.95 Å². The number of nitrogens with two attached hydrogens (primary N) is 1. The first-order valence-electron chi connectivity index (χ1n) is 36.1. The molecule has 0 fully saturated rings. The highest BCUT2D eigenvalue weighted by molar-refractivity contribution is 6.70. The van der Waals surface area contributed by atoms with Gasteiger partial charge in [-0.25, -0.2) is 27.2 Å². The van der Waals surface area contributed by atoms with Crippen molar-refractivity contribution in [3.8, 4) is 17.1 Å². The number of nitrogens with one attached hydrogen (secondary N) is 2. The average molecular weight is 1520 g/mol. The molecule has 0 aliphatic rings. The van der Waals surface area contributed by atoms with E-state index in [1.54, 1.807) is 94.3 Å². The van der Waals surface area contributed by atoms with Gasteiger partial charge in [0.15, 0.2) is 0 Å². The van der Waals surface area contributed by atoms with Crippen LogP contribution in [0.25, 0.3) is 60.7 Å². The number of hydrogen-bond acceptors (Lipinski definition) is 13. The maximum Gasteiger partial charge on any atom is 0.312 e. The quantitative estimate of drug-likeness (QED) is 0.0177. The van der Waals surface area contributed by atoms with Crippen molar-refractivity contribution in [2.45, 2.75) is 100 Å².